The quantitative estimate of drug-likeness (QED) is 0.476. The fourth-order valence-corrected chi connectivity index (χ4v) is 5.69. The van der Waals surface area contributed by atoms with Gasteiger partial charge in [-0.3, -0.25) is 19.6 Å². The second-order valence-corrected chi connectivity index (χ2v) is 10.2. The molecule has 0 atom stereocenters. The average molecular weight is 477 g/mol. The molecule has 0 amide bonds. The van der Waals surface area contributed by atoms with Gasteiger partial charge in [-0.1, -0.05) is 42.5 Å². The molecule has 0 aliphatic carbocycles. The first-order valence-corrected chi connectivity index (χ1v) is 12.5. The van der Waals surface area contributed by atoms with E-state index in [1.54, 1.807) is 24.3 Å². The van der Waals surface area contributed by atoms with Gasteiger partial charge >= 0.3 is 0 Å². The molecule has 9 heteroatoms. The Kier molecular flexibility index (Phi) is 5.91. The monoisotopic (exact) mass is 476 g/mol. The summed E-state index contributed by atoms with van der Waals surface area (Å²) in [6.45, 7) is 2.92. The summed E-state index contributed by atoms with van der Waals surface area (Å²) < 4.78 is 29.0. The molecule has 0 bridgehead atoms. The number of fused-ring (bicyclic) bond motifs is 1. The van der Waals surface area contributed by atoms with Gasteiger partial charge in [-0.05, 0) is 42.0 Å². The molecule has 1 N–H and O–H groups in total. The van der Waals surface area contributed by atoms with Gasteiger partial charge in [0.2, 0.25) is 10.0 Å². The molecule has 0 spiro atoms. The van der Waals surface area contributed by atoms with Crippen molar-refractivity contribution >= 4 is 20.8 Å². The number of H-pyrrole nitrogens is 1. The van der Waals surface area contributed by atoms with Crippen molar-refractivity contribution in [1.29, 1.82) is 0 Å². The molecule has 8 nitrogen and oxygen atoms in total. The molecule has 1 fully saturated rings. The predicted octanol–water partition coefficient (Wildman–Crippen LogP) is 2.19. The topological polar surface area (TPSA) is 95.5 Å². The number of aromatic amines is 1. The maximum Gasteiger partial charge on any atom is 0.277 e. The number of sulfonamides is 1. The van der Waals surface area contributed by atoms with E-state index in [0.717, 1.165) is 11.2 Å². The third-order valence-electron chi connectivity index (χ3n) is 6.13. The van der Waals surface area contributed by atoms with E-state index in [1.807, 2.05) is 18.2 Å². The summed E-state index contributed by atoms with van der Waals surface area (Å²) in [5, 5.41) is 3.18. The zero-order chi connectivity index (χ0) is 23.7. The second-order valence-electron chi connectivity index (χ2n) is 8.29. The Hall–Kier alpha value is -3.53. The number of aromatic nitrogens is 2. The van der Waals surface area contributed by atoms with Crippen LogP contribution in [0.15, 0.2) is 93.3 Å². The van der Waals surface area contributed by atoms with E-state index < -0.39 is 10.0 Å². The minimum atomic E-state index is -3.66. The van der Waals surface area contributed by atoms with Gasteiger partial charge in [0.15, 0.2) is 0 Å². The summed E-state index contributed by atoms with van der Waals surface area (Å²) in [6.07, 6.45) is 0. The largest absolute Gasteiger partial charge is 0.296 e. The van der Waals surface area contributed by atoms with E-state index in [4.69, 9.17) is 0 Å². The van der Waals surface area contributed by atoms with Gasteiger partial charge in [0.1, 0.15) is 0 Å². The van der Waals surface area contributed by atoms with Crippen LogP contribution in [-0.2, 0) is 16.6 Å². The van der Waals surface area contributed by atoms with E-state index in [1.165, 1.54) is 34.1 Å². The second kappa shape index (κ2) is 9.02. The molecule has 1 aromatic heterocycles. The van der Waals surface area contributed by atoms with Crippen molar-refractivity contribution in [2.45, 2.75) is 11.4 Å². The summed E-state index contributed by atoms with van der Waals surface area (Å²) in [5.41, 5.74) is 0.830. The SMILES string of the molecule is O=c1[nH]n(-c2ccc(S(=O)(=O)N3CCN(Cc4ccccc4)CC3)cc2)c(=O)c2ccccc12. The van der Waals surface area contributed by atoms with E-state index in [-0.39, 0.29) is 16.0 Å². The van der Waals surface area contributed by atoms with Crippen LogP contribution in [0.4, 0.5) is 0 Å². The van der Waals surface area contributed by atoms with Gasteiger partial charge in [0.05, 0.1) is 21.4 Å². The average Bonchev–Trinajstić information content (AvgIpc) is 2.87. The van der Waals surface area contributed by atoms with E-state index in [9.17, 15) is 18.0 Å². The molecule has 2 heterocycles. The Morgan fingerprint density at radius 2 is 1.35 bits per heavy atom. The van der Waals surface area contributed by atoms with Crippen molar-refractivity contribution in [2.75, 3.05) is 26.2 Å². The summed E-state index contributed by atoms with van der Waals surface area (Å²) >= 11 is 0. The molecular weight excluding hydrogens is 452 g/mol. The van der Waals surface area contributed by atoms with E-state index in [2.05, 4.69) is 22.1 Å². The van der Waals surface area contributed by atoms with Crippen LogP contribution in [-0.4, -0.2) is 53.6 Å². The molecule has 5 rings (SSSR count). The molecule has 1 aliphatic heterocycles. The Morgan fingerprint density at radius 3 is 2.03 bits per heavy atom. The highest BCUT2D eigenvalue weighted by molar-refractivity contribution is 7.89. The van der Waals surface area contributed by atoms with Gasteiger partial charge in [-0.25, -0.2) is 13.1 Å². The van der Waals surface area contributed by atoms with Crippen molar-refractivity contribution in [3.8, 4) is 5.69 Å². The molecule has 1 saturated heterocycles. The number of nitrogens with one attached hydrogen (secondary N) is 1. The van der Waals surface area contributed by atoms with Crippen LogP contribution >= 0.6 is 0 Å². The predicted molar refractivity (Wildman–Crippen MR) is 131 cm³/mol. The number of hydrogen-bond acceptors (Lipinski definition) is 5. The van der Waals surface area contributed by atoms with Gasteiger partial charge in [0.25, 0.3) is 11.1 Å². The van der Waals surface area contributed by atoms with Crippen LogP contribution in [0.3, 0.4) is 0 Å². The first-order valence-electron chi connectivity index (χ1n) is 11.0. The van der Waals surface area contributed by atoms with Gasteiger partial charge in [-0.15, -0.1) is 0 Å². The molecule has 1 aliphatic rings. The van der Waals surface area contributed by atoms with Crippen LogP contribution in [0, 0.1) is 0 Å². The highest BCUT2D eigenvalue weighted by Gasteiger charge is 2.28. The first kappa shape index (κ1) is 22.3. The summed E-state index contributed by atoms with van der Waals surface area (Å²) in [7, 11) is -3.66. The Labute approximate surface area is 196 Å². The van der Waals surface area contributed by atoms with Crippen LogP contribution in [0.1, 0.15) is 5.56 Å². The smallest absolute Gasteiger partial charge is 0.277 e. The normalized spacial score (nSPS) is 15.5. The highest BCUT2D eigenvalue weighted by Crippen LogP contribution is 2.20. The zero-order valence-electron chi connectivity index (χ0n) is 18.4. The Bertz CT molecular complexity index is 1540. The van der Waals surface area contributed by atoms with Crippen molar-refractivity contribution in [1.82, 2.24) is 19.0 Å². The molecule has 174 valence electrons. The summed E-state index contributed by atoms with van der Waals surface area (Å²) in [5.74, 6) is 0. The standard InChI is InChI=1S/C25H24N4O4S/c30-24-22-8-4-5-9-23(22)25(31)29(26-24)20-10-12-21(13-11-20)34(32,33)28-16-14-27(15-17-28)18-19-6-2-1-3-7-19/h1-13H,14-18H2,(H,26,30). The number of benzene rings is 3. The number of rotatable bonds is 5. The van der Waals surface area contributed by atoms with Gasteiger partial charge in [0, 0.05) is 32.7 Å². The fraction of sp³-hybridized carbons (Fsp3) is 0.200. The molecule has 0 radical (unpaired) electrons. The van der Waals surface area contributed by atoms with E-state index >= 15 is 0 Å². The first-order chi connectivity index (χ1) is 16.4. The molecular formula is C25H24N4O4S. The minimum Gasteiger partial charge on any atom is -0.296 e. The van der Waals surface area contributed by atoms with Crippen molar-refractivity contribution in [3.63, 3.8) is 0 Å². The lowest BCUT2D eigenvalue weighted by Gasteiger charge is -2.34. The third-order valence-corrected chi connectivity index (χ3v) is 8.04. The number of piperazine rings is 1. The van der Waals surface area contributed by atoms with Gasteiger partial charge < -0.3 is 0 Å². The maximum absolute atomic E-state index is 13.2. The maximum atomic E-state index is 13.2. The van der Waals surface area contributed by atoms with Crippen molar-refractivity contribution < 1.29 is 8.42 Å². The molecule has 3 aromatic carbocycles. The Morgan fingerprint density at radius 1 is 0.735 bits per heavy atom. The summed E-state index contributed by atoms with van der Waals surface area (Å²) in [4.78, 5) is 27.6. The van der Waals surface area contributed by atoms with Gasteiger partial charge in [-0.2, -0.15) is 4.31 Å². The lowest BCUT2D eigenvalue weighted by atomic mass is 10.2. The zero-order valence-corrected chi connectivity index (χ0v) is 19.2. The Balaban J connectivity index is 1.34. The third kappa shape index (κ3) is 4.21. The molecule has 4 aromatic rings. The van der Waals surface area contributed by atoms with Crippen LogP contribution in [0.2, 0.25) is 0 Å². The summed E-state index contributed by atoms with van der Waals surface area (Å²) in [6, 6.07) is 22.7. The minimum absolute atomic E-state index is 0.156. The fourth-order valence-electron chi connectivity index (χ4n) is 4.27. The number of nitrogens with zero attached hydrogens (tertiary/aromatic N) is 3. The van der Waals surface area contributed by atoms with Crippen molar-refractivity contribution in [3.05, 3.63) is 105 Å². The van der Waals surface area contributed by atoms with Crippen LogP contribution in [0.25, 0.3) is 16.5 Å². The van der Waals surface area contributed by atoms with Crippen LogP contribution in [0.5, 0.6) is 0 Å². The van der Waals surface area contributed by atoms with Crippen LogP contribution < -0.4 is 11.1 Å². The van der Waals surface area contributed by atoms with Crippen molar-refractivity contribution in [2.24, 2.45) is 0 Å². The molecule has 0 unspecified atom stereocenters. The van der Waals surface area contributed by atoms with E-state index in [0.29, 0.717) is 42.6 Å². The lowest BCUT2D eigenvalue weighted by molar-refractivity contribution is 0.181. The molecule has 34 heavy (non-hydrogen) atoms. The lowest BCUT2D eigenvalue weighted by Crippen LogP contribution is -2.48. The molecule has 0 saturated carbocycles. The highest BCUT2D eigenvalue weighted by atomic mass is 32.2. The number of hydrogen-bond donors (Lipinski definition) is 1.